The summed E-state index contributed by atoms with van der Waals surface area (Å²) in [7, 11) is -3.30. The molecule has 0 atom stereocenters. The van der Waals surface area contributed by atoms with Crippen LogP contribution in [0.4, 0.5) is 0 Å². The molecule has 25 heavy (non-hydrogen) atoms. The van der Waals surface area contributed by atoms with E-state index in [0.717, 1.165) is 6.26 Å². The van der Waals surface area contributed by atoms with E-state index in [1.807, 2.05) is 0 Å². The van der Waals surface area contributed by atoms with Gasteiger partial charge in [0.05, 0.1) is 10.5 Å². The average molecular weight is 359 g/mol. The van der Waals surface area contributed by atoms with E-state index in [9.17, 15) is 13.2 Å². The van der Waals surface area contributed by atoms with Crippen molar-refractivity contribution in [1.82, 2.24) is 4.98 Å². The van der Waals surface area contributed by atoms with Gasteiger partial charge in [-0.3, -0.25) is 4.98 Å². The molecule has 0 saturated carbocycles. The Morgan fingerprint density at radius 1 is 1.04 bits per heavy atom. The summed E-state index contributed by atoms with van der Waals surface area (Å²) < 4.78 is 34.4. The van der Waals surface area contributed by atoms with Crippen molar-refractivity contribution < 1.29 is 22.7 Å². The second-order valence-electron chi connectivity index (χ2n) is 6.19. The Morgan fingerprint density at radius 3 is 2.20 bits per heavy atom. The van der Waals surface area contributed by atoms with E-state index in [1.165, 1.54) is 12.1 Å². The smallest absolute Gasteiger partial charge is 0.375 e. The number of pyridine rings is 1. The van der Waals surface area contributed by atoms with Gasteiger partial charge in [-0.2, -0.15) is 0 Å². The zero-order valence-electron chi connectivity index (χ0n) is 14.0. The predicted octanol–water partition coefficient (Wildman–Crippen LogP) is 2.61. The van der Waals surface area contributed by atoms with Crippen molar-refractivity contribution in [3.63, 3.8) is 0 Å². The molecule has 0 amide bonds. The van der Waals surface area contributed by atoms with Crippen LogP contribution in [0.2, 0.25) is 0 Å². The van der Waals surface area contributed by atoms with E-state index in [-0.39, 0.29) is 10.7 Å². The summed E-state index contributed by atoms with van der Waals surface area (Å²) in [5, 5.41) is 0. The van der Waals surface area contributed by atoms with Crippen LogP contribution in [0.5, 0.6) is 5.75 Å². The van der Waals surface area contributed by atoms with Crippen molar-refractivity contribution in [3.8, 4) is 5.75 Å². The number of nitrogens with zero attached hydrogens (tertiary/aromatic N) is 1. The van der Waals surface area contributed by atoms with Crippen molar-refractivity contribution in [3.05, 3.63) is 60.1 Å². The van der Waals surface area contributed by atoms with E-state index < -0.39 is 21.4 Å². The second-order valence-corrected chi connectivity index (χ2v) is 8.20. The first-order chi connectivity index (χ1) is 11.7. The molecule has 0 N–H and O–H groups in total. The molecule has 7 heteroatoms. The van der Waals surface area contributed by atoms with E-state index >= 15 is 0 Å². The summed E-state index contributed by atoms with van der Waals surface area (Å²) in [6.07, 6.45) is 4.26. The number of benzene rings is 1. The minimum absolute atomic E-state index is 0.0864. The molecule has 0 aliphatic carbocycles. The number of hydrogen-bond donors (Lipinski definition) is 0. The summed E-state index contributed by atoms with van der Waals surface area (Å²) in [5.41, 5.74) is 0.327. The van der Waals surface area contributed by atoms with E-state index in [0.29, 0.717) is 16.9 Å². The van der Waals surface area contributed by atoms with Crippen LogP contribution >= 0.6 is 0 Å². The molecule has 2 heterocycles. The quantitative estimate of drug-likeness (QED) is 0.781. The highest BCUT2D eigenvalue weighted by molar-refractivity contribution is 7.90. The zero-order chi connectivity index (χ0) is 18.2. The maximum Gasteiger partial charge on any atom is 0.375 e. The molecule has 0 bridgehead atoms. The first-order valence-electron chi connectivity index (χ1n) is 7.55. The van der Waals surface area contributed by atoms with Crippen LogP contribution in [0.15, 0.2) is 59.4 Å². The first-order valence-corrected chi connectivity index (χ1v) is 9.44. The minimum atomic E-state index is -3.30. The number of rotatable bonds is 4. The van der Waals surface area contributed by atoms with E-state index in [4.69, 9.17) is 9.47 Å². The van der Waals surface area contributed by atoms with Crippen LogP contribution in [0.25, 0.3) is 5.57 Å². The molecule has 6 nitrogen and oxygen atoms in total. The third-order valence-corrected chi connectivity index (χ3v) is 4.93. The third-order valence-electron chi connectivity index (χ3n) is 3.80. The SMILES string of the molecule is CC1(C)OC(=O)C(Oc2ccncc2)=C1c1ccc(S(C)(=O)=O)cc1. The number of carbonyl (C=O) groups is 1. The number of aromatic nitrogens is 1. The fraction of sp³-hybridized carbons (Fsp3) is 0.222. The predicted molar refractivity (Wildman–Crippen MR) is 91.5 cm³/mol. The first kappa shape index (κ1) is 17.2. The lowest BCUT2D eigenvalue weighted by atomic mass is 9.92. The molecule has 0 fully saturated rings. The summed E-state index contributed by atoms with van der Waals surface area (Å²) in [6.45, 7) is 3.52. The average Bonchev–Trinajstić information content (AvgIpc) is 2.76. The van der Waals surface area contributed by atoms with Crippen LogP contribution in [0.3, 0.4) is 0 Å². The lowest BCUT2D eigenvalue weighted by Crippen LogP contribution is -2.22. The van der Waals surface area contributed by atoms with Gasteiger partial charge in [0.25, 0.3) is 0 Å². The summed E-state index contributed by atoms with van der Waals surface area (Å²) >= 11 is 0. The van der Waals surface area contributed by atoms with Gasteiger partial charge in [0.15, 0.2) is 9.84 Å². The summed E-state index contributed by atoms with van der Waals surface area (Å²) in [4.78, 5) is 16.4. The maximum atomic E-state index is 12.3. The molecule has 0 spiro atoms. The van der Waals surface area contributed by atoms with Gasteiger partial charge in [0.1, 0.15) is 11.4 Å². The standard InChI is InChI=1S/C18H17NO5S/c1-18(2)15(12-4-6-14(7-5-12)25(3,21)22)16(17(20)24-18)23-13-8-10-19-11-9-13/h4-11H,1-3H3. The van der Waals surface area contributed by atoms with Gasteiger partial charge < -0.3 is 9.47 Å². The number of hydrogen-bond acceptors (Lipinski definition) is 6. The minimum Gasteiger partial charge on any atom is -0.449 e. The molecule has 2 aromatic rings. The highest BCUT2D eigenvalue weighted by Gasteiger charge is 2.43. The topological polar surface area (TPSA) is 82.6 Å². The normalized spacial score (nSPS) is 16.7. The number of esters is 1. The fourth-order valence-electron chi connectivity index (χ4n) is 2.67. The van der Waals surface area contributed by atoms with Crippen LogP contribution in [0, 0.1) is 0 Å². The fourth-order valence-corrected chi connectivity index (χ4v) is 3.30. The number of ether oxygens (including phenoxy) is 2. The Labute approximate surface area is 146 Å². The molecular weight excluding hydrogens is 342 g/mol. The lowest BCUT2D eigenvalue weighted by Gasteiger charge is -2.21. The highest BCUT2D eigenvalue weighted by Crippen LogP contribution is 2.40. The van der Waals surface area contributed by atoms with Crippen molar-refractivity contribution in [2.45, 2.75) is 24.3 Å². The van der Waals surface area contributed by atoms with Gasteiger partial charge in [0, 0.05) is 18.6 Å². The van der Waals surface area contributed by atoms with Gasteiger partial charge in [0.2, 0.25) is 5.76 Å². The van der Waals surface area contributed by atoms with Gasteiger partial charge in [-0.1, -0.05) is 12.1 Å². The van der Waals surface area contributed by atoms with Crippen molar-refractivity contribution in [2.24, 2.45) is 0 Å². The molecule has 1 aliphatic heterocycles. The Balaban J connectivity index is 2.09. The lowest BCUT2D eigenvalue weighted by molar-refractivity contribution is -0.145. The Bertz CT molecular complexity index is 945. The summed E-state index contributed by atoms with van der Waals surface area (Å²) in [6, 6.07) is 9.56. The van der Waals surface area contributed by atoms with Crippen LogP contribution < -0.4 is 4.74 Å². The van der Waals surface area contributed by atoms with Crippen LogP contribution in [-0.4, -0.2) is 31.2 Å². The van der Waals surface area contributed by atoms with Crippen LogP contribution in [0.1, 0.15) is 19.4 Å². The van der Waals surface area contributed by atoms with Crippen molar-refractivity contribution in [1.29, 1.82) is 0 Å². The van der Waals surface area contributed by atoms with Crippen LogP contribution in [-0.2, 0) is 19.4 Å². The molecule has 130 valence electrons. The zero-order valence-corrected chi connectivity index (χ0v) is 14.8. The monoisotopic (exact) mass is 359 g/mol. The molecule has 0 unspecified atom stereocenters. The number of sulfone groups is 1. The number of carbonyl (C=O) groups excluding carboxylic acids is 1. The van der Waals surface area contributed by atoms with Gasteiger partial charge >= 0.3 is 5.97 Å². The number of cyclic esters (lactones) is 1. The molecule has 1 aromatic carbocycles. The second kappa shape index (κ2) is 6.00. The molecular formula is C18H17NO5S. The van der Waals surface area contributed by atoms with Crippen molar-refractivity contribution >= 4 is 21.4 Å². The maximum absolute atomic E-state index is 12.3. The Kier molecular flexibility index (Phi) is 4.12. The summed E-state index contributed by atoms with van der Waals surface area (Å²) in [5.74, 6) is -0.0165. The largest absolute Gasteiger partial charge is 0.449 e. The molecule has 3 rings (SSSR count). The highest BCUT2D eigenvalue weighted by atomic mass is 32.2. The van der Waals surface area contributed by atoms with Gasteiger partial charge in [-0.25, -0.2) is 13.2 Å². The van der Waals surface area contributed by atoms with Crippen molar-refractivity contribution in [2.75, 3.05) is 6.26 Å². The Morgan fingerprint density at radius 2 is 1.64 bits per heavy atom. The third kappa shape index (κ3) is 3.41. The Hall–Kier alpha value is -2.67. The molecule has 0 saturated heterocycles. The van der Waals surface area contributed by atoms with E-state index in [2.05, 4.69) is 4.98 Å². The van der Waals surface area contributed by atoms with Gasteiger partial charge in [-0.05, 0) is 43.7 Å². The van der Waals surface area contributed by atoms with Gasteiger partial charge in [-0.15, -0.1) is 0 Å². The molecule has 1 aliphatic rings. The molecule has 1 aromatic heterocycles. The van der Waals surface area contributed by atoms with E-state index in [1.54, 1.807) is 50.5 Å². The molecule has 0 radical (unpaired) electrons.